The van der Waals surface area contributed by atoms with Gasteiger partial charge in [0.15, 0.2) is 0 Å². The average molecular weight is 449 g/mol. The number of ether oxygens (including phenoxy) is 1. The van der Waals surface area contributed by atoms with E-state index in [9.17, 15) is 14.4 Å². The van der Waals surface area contributed by atoms with Crippen LogP contribution in [0, 0.1) is 0 Å². The van der Waals surface area contributed by atoms with Crippen molar-refractivity contribution < 1.29 is 19.1 Å². The van der Waals surface area contributed by atoms with Crippen molar-refractivity contribution in [2.24, 2.45) is 0 Å². The van der Waals surface area contributed by atoms with Crippen LogP contribution in [0.1, 0.15) is 18.4 Å². The summed E-state index contributed by atoms with van der Waals surface area (Å²) in [7, 11) is 0. The first-order valence-electron chi connectivity index (χ1n) is 11.2. The number of nitrogens with zero attached hydrogens (tertiary/aromatic N) is 4. The SMILES string of the molecule is O=C(C=Cc1ccccc1)OC(CN1CCN(c2ccccn2)CC1)CN1C(=O)CCC1=O. The van der Waals surface area contributed by atoms with E-state index in [4.69, 9.17) is 4.74 Å². The molecule has 2 aliphatic rings. The lowest BCUT2D eigenvalue weighted by Crippen LogP contribution is -2.51. The maximum Gasteiger partial charge on any atom is 0.331 e. The molecule has 0 saturated carbocycles. The maximum atomic E-state index is 12.5. The van der Waals surface area contributed by atoms with Crippen LogP contribution in [0.2, 0.25) is 0 Å². The van der Waals surface area contributed by atoms with Crippen LogP contribution < -0.4 is 4.90 Å². The second-order valence-electron chi connectivity index (χ2n) is 8.18. The van der Waals surface area contributed by atoms with Crippen LogP contribution in [0.15, 0.2) is 60.8 Å². The first-order valence-corrected chi connectivity index (χ1v) is 11.2. The van der Waals surface area contributed by atoms with Gasteiger partial charge in [0.2, 0.25) is 11.8 Å². The minimum atomic E-state index is -0.592. The van der Waals surface area contributed by atoms with Gasteiger partial charge < -0.3 is 9.64 Å². The molecule has 8 nitrogen and oxygen atoms in total. The lowest BCUT2D eigenvalue weighted by molar-refractivity contribution is -0.150. The summed E-state index contributed by atoms with van der Waals surface area (Å²) in [5.74, 6) is 0.0382. The highest BCUT2D eigenvalue weighted by molar-refractivity contribution is 6.02. The van der Waals surface area contributed by atoms with Gasteiger partial charge in [0, 0.05) is 57.8 Å². The third-order valence-electron chi connectivity index (χ3n) is 5.84. The summed E-state index contributed by atoms with van der Waals surface area (Å²) < 4.78 is 5.71. The number of anilines is 1. The van der Waals surface area contributed by atoms with Gasteiger partial charge in [-0.15, -0.1) is 0 Å². The van der Waals surface area contributed by atoms with E-state index in [1.54, 1.807) is 12.3 Å². The van der Waals surface area contributed by atoms with Gasteiger partial charge in [-0.1, -0.05) is 36.4 Å². The van der Waals surface area contributed by atoms with Crippen LogP contribution in [0.5, 0.6) is 0 Å². The topological polar surface area (TPSA) is 83.1 Å². The van der Waals surface area contributed by atoms with Gasteiger partial charge >= 0.3 is 5.97 Å². The Labute approximate surface area is 193 Å². The van der Waals surface area contributed by atoms with E-state index in [-0.39, 0.29) is 31.2 Å². The highest BCUT2D eigenvalue weighted by Crippen LogP contribution is 2.16. The molecule has 2 aliphatic heterocycles. The standard InChI is InChI=1S/C25H28N4O4/c30-23-10-11-24(31)29(23)19-21(33-25(32)12-9-20-6-2-1-3-7-20)18-27-14-16-28(17-15-27)22-8-4-5-13-26-22/h1-9,12-13,21H,10-11,14-19H2. The van der Waals surface area contributed by atoms with E-state index in [1.807, 2.05) is 48.5 Å². The number of pyridine rings is 1. The van der Waals surface area contributed by atoms with Crippen molar-refractivity contribution in [3.05, 3.63) is 66.4 Å². The lowest BCUT2D eigenvalue weighted by atomic mass is 10.2. The average Bonchev–Trinajstić information content (AvgIpc) is 3.16. The van der Waals surface area contributed by atoms with Crippen molar-refractivity contribution in [2.45, 2.75) is 18.9 Å². The fourth-order valence-electron chi connectivity index (χ4n) is 4.08. The van der Waals surface area contributed by atoms with Crippen molar-refractivity contribution in [1.29, 1.82) is 0 Å². The molecule has 4 rings (SSSR count). The number of carbonyl (C=O) groups excluding carboxylic acids is 3. The molecular weight excluding hydrogens is 420 g/mol. The van der Waals surface area contributed by atoms with Gasteiger partial charge in [-0.2, -0.15) is 0 Å². The molecule has 33 heavy (non-hydrogen) atoms. The van der Waals surface area contributed by atoms with Gasteiger partial charge in [-0.25, -0.2) is 9.78 Å². The van der Waals surface area contributed by atoms with Gasteiger partial charge in [0.25, 0.3) is 0 Å². The summed E-state index contributed by atoms with van der Waals surface area (Å²) in [6, 6.07) is 15.3. The van der Waals surface area contributed by atoms with E-state index in [0.29, 0.717) is 6.54 Å². The third kappa shape index (κ3) is 6.26. The number of likely N-dealkylation sites (tertiary alicyclic amines) is 1. The summed E-state index contributed by atoms with van der Waals surface area (Å²) in [5.41, 5.74) is 0.890. The zero-order valence-corrected chi connectivity index (χ0v) is 18.5. The second kappa shape index (κ2) is 10.9. The highest BCUT2D eigenvalue weighted by atomic mass is 16.5. The molecule has 0 spiro atoms. The van der Waals surface area contributed by atoms with Gasteiger partial charge in [-0.05, 0) is 23.8 Å². The Kier molecular flexibility index (Phi) is 7.47. The van der Waals surface area contributed by atoms with E-state index < -0.39 is 12.1 Å². The molecule has 0 bridgehead atoms. The largest absolute Gasteiger partial charge is 0.456 e. The smallest absolute Gasteiger partial charge is 0.331 e. The molecule has 2 aromatic rings. The number of hydrogen-bond acceptors (Lipinski definition) is 7. The molecule has 0 radical (unpaired) electrons. The van der Waals surface area contributed by atoms with Crippen molar-refractivity contribution in [2.75, 3.05) is 44.2 Å². The quantitative estimate of drug-likeness (QED) is 0.347. The number of piperazine rings is 1. The normalized spacial score (nSPS) is 18.2. The zero-order chi connectivity index (χ0) is 23.0. The van der Waals surface area contributed by atoms with Crippen LogP contribution in [0.3, 0.4) is 0 Å². The molecule has 1 aromatic heterocycles. The number of aromatic nitrogens is 1. The minimum Gasteiger partial charge on any atom is -0.456 e. The molecule has 1 atom stereocenters. The Balaban J connectivity index is 1.37. The third-order valence-corrected chi connectivity index (χ3v) is 5.84. The Morgan fingerprint density at radius 3 is 2.30 bits per heavy atom. The van der Waals surface area contributed by atoms with E-state index in [0.717, 1.165) is 37.6 Å². The first kappa shape index (κ1) is 22.7. The number of imide groups is 1. The molecule has 2 amide bonds. The summed E-state index contributed by atoms with van der Waals surface area (Å²) in [6.07, 6.45) is 4.70. The summed E-state index contributed by atoms with van der Waals surface area (Å²) in [6.45, 7) is 3.68. The van der Waals surface area contributed by atoms with Gasteiger partial charge in [0.1, 0.15) is 11.9 Å². The maximum absolute atomic E-state index is 12.5. The van der Waals surface area contributed by atoms with Gasteiger partial charge in [0.05, 0.1) is 6.54 Å². The first-order chi connectivity index (χ1) is 16.1. The molecule has 0 N–H and O–H groups in total. The Morgan fingerprint density at radius 1 is 0.939 bits per heavy atom. The summed E-state index contributed by atoms with van der Waals surface area (Å²) >= 11 is 0. The van der Waals surface area contributed by atoms with Crippen molar-refractivity contribution >= 4 is 29.7 Å². The molecule has 172 valence electrons. The zero-order valence-electron chi connectivity index (χ0n) is 18.5. The lowest BCUT2D eigenvalue weighted by Gasteiger charge is -2.37. The predicted octanol–water partition coefficient (Wildman–Crippen LogP) is 1.98. The summed E-state index contributed by atoms with van der Waals surface area (Å²) in [4.78, 5) is 46.8. The fraction of sp³-hybridized carbons (Fsp3) is 0.360. The van der Waals surface area contributed by atoms with Crippen LogP contribution in [0.4, 0.5) is 5.82 Å². The van der Waals surface area contributed by atoms with Crippen LogP contribution in [0.25, 0.3) is 6.08 Å². The number of esters is 1. The Morgan fingerprint density at radius 2 is 1.64 bits per heavy atom. The van der Waals surface area contributed by atoms with Crippen molar-refractivity contribution in [3.8, 4) is 0 Å². The highest BCUT2D eigenvalue weighted by Gasteiger charge is 2.33. The molecule has 2 saturated heterocycles. The number of carbonyl (C=O) groups is 3. The monoisotopic (exact) mass is 448 g/mol. The molecular formula is C25H28N4O4. The molecule has 1 unspecified atom stereocenters. The summed E-state index contributed by atoms with van der Waals surface area (Å²) in [5, 5.41) is 0. The van der Waals surface area contributed by atoms with E-state index in [2.05, 4.69) is 14.8 Å². The van der Waals surface area contributed by atoms with Crippen molar-refractivity contribution in [1.82, 2.24) is 14.8 Å². The molecule has 8 heteroatoms. The molecule has 3 heterocycles. The van der Waals surface area contributed by atoms with Crippen LogP contribution in [-0.2, 0) is 19.1 Å². The Hall–Kier alpha value is -3.52. The van der Waals surface area contributed by atoms with E-state index in [1.165, 1.54) is 11.0 Å². The number of rotatable bonds is 8. The second-order valence-corrected chi connectivity index (χ2v) is 8.18. The molecule has 0 aliphatic carbocycles. The Bertz CT molecular complexity index is 972. The molecule has 2 fully saturated rings. The van der Waals surface area contributed by atoms with Gasteiger partial charge in [-0.3, -0.25) is 19.4 Å². The van der Waals surface area contributed by atoms with Crippen LogP contribution >= 0.6 is 0 Å². The fourth-order valence-corrected chi connectivity index (χ4v) is 4.08. The minimum absolute atomic E-state index is 0.0863. The number of benzene rings is 1. The number of amides is 2. The molecule has 1 aromatic carbocycles. The number of hydrogen-bond donors (Lipinski definition) is 0. The van der Waals surface area contributed by atoms with Crippen LogP contribution in [-0.4, -0.2) is 77.9 Å². The predicted molar refractivity (Wildman–Crippen MR) is 124 cm³/mol. The van der Waals surface area contributed by atoms with E-state index >= 15 is 0 Å². The van der Waals surface area contributed by atoms with Crippen molar-refractivity contribution in [3.63, 3.8) is 0 Å².